The number of nitrogens with one attached hydrogen (secondary N) is 1. The summed E-state index contributed by atoms with van der Waals surface area (Å²) in [6, 6.07) is 11.5. The van der Waals surface area contributed by atoms with Gasteiger partial charge >= 0.3 is 0 Å². The molecule has 0 spiro atoms. The number of fused-ring (bicyclic) bond motifs is 1. The maximum Gasteiger partial charge on any atom is 0.243 e. The molecule has 0 radical (unpaired) electrons. The number of hydrogen-bond donors (Lipinski definition) is 3. The van der Waals surface area contributed by atoms with Gasteiger partial charge in [-0.1, -0.05) is 30.3 Å². The highest BCUT2D eigenvalue weighted by Crippen LogP contribution is 2.39. The molecule has 4 rings (SSSR count). The first-order chi connectivity index (χ1) is 15.0. The van der Waals surface area contributed by atoms with Crippen molar-refractivity contribution in [1.82, 2.24) is 14.1 Å². The van der Waals surface area contributed by atoms with Gasteiger partial charge in [0.15, 0.2) is 0 Å². The van der Waals surface area contributed by atoms with Crippen molar-refractivity contribution >= 4 is 21.9 Å². The van der Waals surface area contributed by atoms with Crippen LogP contribution in [0.4, 0.5) is 0 Å². The lowest BCUT2D eigenvalue weighted by atomic mass is 10.1. The van der Waals surface area contributed by atoms with Crippen molar-refractivity contribution in [3.05, 3.63) is 82.3 Å². The number of nitrogens with zero attached hydrogens (tertiary/aromatic N) is 3. The van der Waals surface area contributed by atoms with Crippen molar-refractivity contribution in [3.63, 3.8) is 0 Å². The zero-order valence-electron chi connectivity index (χ0n) is 17.1. The predicted molar refractivity (Wildman–Crippen MR) is 122 cm³/mol. The number of benzene rings is 1. The van der Waals surface area contributed by atoms with E-state index in [1.807, 2.05) is 40.9 Å². The Hall–Kier alpha value is -3.01. The molecule has 1 aromatic carbocycles. The van der Waals surface area contributed by atoms with E-state index in [1.165, 1.54) is 24.6 Å². The fourth-order valence-corrected chi connectivity index (χ4v) is 4.20. The number of hydrogen-bond acceptors (Lipinski definition) is 6. The van der Waals surface area contributed by atoms with Gasteiger partial charge in [0.05, 0.1) is 12.2 Å². The number of aromatic nitrogens is 2. The van der Waals surface area contributed by atoms with Gasteiger partial charge in [0.1, 0.15) is 10.6 Å². The van der Waals surface area contributed by atoms with E-state index in [9.17, 15) is 8.42 Å². The second kappa shape index (κ2) is 9.01. The molecule has 0 saturated heterocycles. The lowest BCUT2D eigenvalue weighted by molar-refractivity contribution is 0.589. The van der Waals surface area contributed by atoms with Crippen LogP contribution in [0, 0.1) is 0 Å². The van der Waals surface area contributed by atoms with Gasteiger partial charge in [0.2, 0.25) is 10.0 Å². The van der Waals surface area contributed by atoms with E-state index < -0.39 is 10.0 Å². The van der Waals surface area contributed by atoms with Crippen molar-refractivity contribution in [3.8, 4) is 0 Å². The van der Waals surface area contributed by atoms with Crippen LogP contribution in [0.2, 0.25) is 0 Å². The molecule has 1 saturated carbocycles. The minimum Gasteiger partial charge on any atom is -0.403 e. The Morgan fingerprint density at radius 2 is 1.90 bits per heavy atom. The molecule has 1 aliphatic carbocycles. The summed E-state index contributed by atoms with van der Waals surface area (Å²) in [5.41, 5.74) is 15.9. The van der Waals surface area contributed by atoms with Crippen LogP contribution in [0.1, 0.15) is 41.1 Å². The molecule has 3 aromatic rings. The van der Waals surface area contributed by atoms with Gasteiger partial charge < -0.3 is 15.9 Å². The van der Waals surface area contributed by atoms with Gasteiger partial charge in [0.25, 0.3) is 0 Å². The standard InChI is InChI=1S/C22H26N6O2S/c23-9-16-1-3-17(4-2-16)11-26-31(29,30)21(10-24)13-25-12-20-15-28-14-19(18-5-6-18)7-8-22(28)27-20/h1-4,7-8,10,13-15,18,26H,5-6,9,11-12,23-24H2. The van der Waals surface area contributed by atoms with Crippen LogP contribution in [-0.2, 0) is 29.7 Å². The fourth-order valence-electron chi connectivity index (χ4n) is 3.28. The van der Waals surface area contributed by atoms with Gasteiger partial charge in [-0.25, -0.2) is 18.1 Å². The SMILES string of the molecule is NC=C(C=NCc1cn2cc(C3CC3)ccc2n1)S(=O)(=O)NCc1ccc(CN)cc1. The van der Waals surface area contributed by atoms with Gasteiger partial charge in [-0.15, -0.1) is 0 Å². The van der Waals surface area contributed by atoms with E-state index in [4.69, 9.17) is 11.5 Å². The van der Waals surface area contributed by atoms with Gasteiger partial charge in [0, 0.05) is 37.9 Å². The maximum atomic E-state index is 12.6. The Morgan fingerprint density at radius 3 is 2.58 bits per heavy atom. The molecule has 0 atom stereocenters. The zero-order valence-corrected chi connectivity index (χ0v) is 17.9. The van der Waals surface area contributed by atoms with E-state index in [0.717, 1.165) is 28.7 Å². The van der Waals surface area contributed by atoms with Crippen LogP contribution in [-0.4, -0.2) is 24.0 Å². The first-order valence-electron chi connectivity index (χ1n) is 10.2. The second-order valence-corrected chi connectivity index (χ2v) is 9.39. The van der Waals surface area contributed by atoms with Crippen molar-refractivity contribution in [2.24, 2.45) is 16.5 Å². The van der Waals surface area contributed by atoms with E-state index in [1.54, 1.807) is 0 Å². The van der Waals surface area contributed by atoms with Crippen molar-refractivity contribution in [2.75, 3.05) is 0 Å². The lowest BCUT2D eigenvalue weighted by Crippen LogP contribution is -2.26. The van der Waals surface area contributed by atoms with E-state index in [0.29, 0.717) is 12.5 Å². The molecule has 0 unspecified atom stereocenters. The molecule has 2 heterocycles. The van der Waals surface area contributed by atoms with Gasteiger partial charge in [-0.05, 0) is 41.5 Å². The summed E-state index contributed by atoms with van der Waals surface area (Å²) in [5.74, 6) is 0.668. The average Bonchev–Trinajstić information content (AvgIpc) is 3.55. The molecule has 2 aromatic heterocycles. The van der Waals surface area contributed by atoms with Crippen LogP contribution >= 0.6 is 0 Å². The van der Waals surface area contributed by atoms with Gasteiger partial charge in [-0.3, -0.25) is 4.99 Å². The summed E-state index contributed by atoms with van der Waals surface area (Å²) >= 11 is 0. The summed E-state index contributed by atoms with van der Waals surface area (Å²) in [7, 11) is -3.79. The number of nitrogens with two attached hydrogens (primary N) is 2. The fraction of sp³-hybridized carbons (Fsp3) is 0.273. The predicted octanol–water partition coefficient (Wildman–Crippen LogP) is 2.16. The number of allylic oxidation sites excluding steroid dienone is 1. The number of pyridine rings is 1. The largest absolute Gasteiger partial charge is 0.403 e. The number of rotatable bonds is 9. The molecule has 1 fully saturated rings. The second-order valence-electron chi connectivity index (χ2n) is 7.62. The van der Waals surface area contributed by atoms with Crippen LogP contribution in [0.15, 0.2) is 64.9 Å². The monoisotopic (exact) mass is 438 g/mol. The number of imidazole rings is 1. The van der Waals surface area contributed by atoms with Crippen molar-refractivity contribution in [1.29, 1.82) is 0 Å². The first kappa shape index (κ1) is 21.2. The van der Waals surface area contributed by atoms with E-state index in [-0.39, 0.29) is 18.0 Å². The normalized spacial score (nSPS) is 15.2. The summed E-state index contributed by atoms with van der Waals surface area (Å²) in [4.78, 5) is 8.68. The Kier molecular flexibility index (Phi) is 6.17. The van der Waals surface area contributed by atoms with Crippen LogP contribution < -0.4 is 16.2 Å². The number of aliphatic imine (C=N–C) groups is 1. The molecule has 31 heavy (non-hydrogen) atoms. The summed E-state index contributed by atoms with van der Waals surface area (Å²) in [6.07, 6.45) is 8.81. The third kappa shape index (κ3) is 5.19. The highest BCUT2D eigenvalue weighted by molar-refractivity contribution is 7.94. The number of sulfonamides is 1. The molecule has 0 amide bonds. The van der Waals surface area contributed by atoms with Gasteiger partial charge in [-0.2, -0.15) is 0 Å². The molecular formula is C22H26N6O2S. The Labute approximate surface area is 181 Å². The Morgan fingerprint density at radius 1 is 1.16 bits per heavy atom. The molecule has 0 aliphatic heterocycles. The molecule has 1 aliphatic rings. The molecule has 5 N–H and O–H groups in total. The van der Waals surface area contributed by atoms with E-state index >= 15 is 0 Å². The smallest absolute Gasteiger partial charge is 0.243 e. The minimum absolute atomic E-state index is 0.0918. The maximum absolute atomic E-state index is 12.6. The average molecular weight is 439 g/mol. The molecular weight excluding hydrogens is 412 g/mol. The van der Waals surface area contributed by atoms with Crippen LogP contribution in [0.5, 0.6) is 0 Å². The van der Waals surface area contributed by atoms with Crippen LogP contribution in [0.25, 0.3) is 5.65 Å². The Balaban J connectivity index is 1.38. The molecule has 8 nitrogen and oxygen atoms in total. The molecule has 162 valence electrons. The van der Waals surface area contributed by atoms with Crippen molar-refractivity contribution < 1.29 is 8.42 Å². The molecule has 9 heteroatoms. The summed E-state index contributed by atoms with van der Waals surface area (Å²) in [6.45, 7) is 0.846. The third-order valence-electron chi connectivity index (χ3n) is 5.24. The highest BCUT2D eigenvalue weighted by atomic mass is 32.2. The quantitative estimate of drug-likeness (QED) is 0.441. The van der Waals surface area contributed by atoms with E-state index in [2.05, 4.69) is 27.0 Å². The first-order valence-corrected chi connectivity index (χ1v) is 11.6. The Bertz CT molecular complexity index is 1220. The minimum atomic E-state index is -3.79. The van der Waals surface area contributed by atoms with Crippen LogP contribution in [0.3, 0.4) is 0 Å². The topological polar surface area (TPSA) is 128 Å². The third-order valence-corrected chi connectivity index (χ3v) is 6.63. The summed E-state index contributed by atoms with van der Waals surface area (Å²) < 4.78 is 29.6. The lowest BCUT2D eigenvalue weighted by Gasteiger charge is -2.07. The molecule has 0 bridgehead atoms. The zero-order chi connectivity index (χ0) is 21.8. The van der Waals surface area contributed by atoms with Crippen molar-refractivity contribution in [2.45, 2.75) is 38.4 Å². The highest BCUT2D eigenvalue weighted by Gasteiger charge is 2.23. The summed E-state index contributed by atoms with van der Waals surface area (Å²) in [5, 5.41) is 0.